The van der Waals surface area contributed by atoms with E-state index in [0.717, 1.165) is 10.7 Å². The molecule has 3 aromatic rings. The molecular weight excluding hydrogens is 317 g/mol. The zero-order chi connectivity index (χ0) is 17.1. The van der Waals surface area contributed by atoms with Crippen molar-refractivity contribution < 1.29 is 9.18 Å². The number of nitrogens with one attached hydrogen (secondary N) is 2. The summed E-state index contributed by atoms with van der Waals surface area (Å²) in [5.74, 6) is -0.940. The summed E-state index contributed by atoms with van der Waals surface area (Å²) >= 11 is 0. The normalized spacial score (nSPS) is 10.7. The van der Waals surface area contributed by atoms with Crippen molar-refractivity contribution in [3.05, 3.63) is 68.6 Å². The van der Waals surface area contributed by atoms with Crippen molar-refractivity contribution in [2.45, 2.75) is 6.54 Å². The zero-order valence-corrected chi connectivity index (χ0v) is 12.3. The number of aromatic amines is 1. The Labute approximate surface area is 133 Å². The molecule has 1 amide bonds. The monoisotopic (exact) mass is 329 g/mol. The van der Waals surface area contributed by atoms with Gasteiger partial charge in [-0.2, -0.15) is 0 Å². The number of halogens is 1. The molecule has 0 unspecified atom stereocenters. The Morgan fingerprint density at radius 1 is 1.25 bits per heavy atom. The lowest BCUT2D eigenvalue weighted by molar-refractivity contribution is 0.0951. The molecule has 0 aliphatic heterocycles. The molecule has 0 atom stereocenters. The second-order valence-corrected chi connectivity index (χ2v) is 4.98. The third kappa shape index (κ3) is 3.19. The van der Waals surface area contributed by atoms with Crippen molar-refractivity contribution in [1.29, 1.82) is 0 Å². The number of nitrogens with zero attached hydrogens (tertiary/aromatic N) is 3. The summed E-state index contributed by atoms with van der Waals surface area (Å²) in [5, 5.41) is 10.3. The summed E-state index contributed by atoms with van der Waals surface area (Å²) in [7, 11) is 0. The maximum Gasteiger partial charge on any atom is 0.277 e. The van der Waals surface area contributed by atoms with E-state index < -0.39 is 17.3 Å². The first-order chi connectivity index (χ1) is 11.5. The van der Waals surface area contributed by atoms with Gasteiger partial charge in [0.15, 0.2) is 0 Å². The molecule has 0 saturated heterocycles. The molecule has 0 bridgehead atoms. The lowest BCUT2D eigenvalue weighted by atomic mass is 10.2. The molecular formula is C15H12FN5O3. The van der Waals surface area contributed by atoms with E-state index in [1.165, 1.54) is 30.5 Å². The van der Waals surface area contributed by atoms with Crippen molar-refractivity contribution in [3.63, 3.8) is 0 Å². The zero-order valence-electron chi connectivity index (χ0n) is 12.3. The summed E-state index contributed by atoms with van der Waals surface area (Å²) in [4.78, 5) is 37.4. The van der Waals surface area contributed by atoms with E-state index in [9.17, 15) is 18.8 Å². The number of benzene rings is 1. The maximum absolute atomic E-state index is 13.2. The van der Waals surface area contributed by atoms with E-state index >= 15 is 0 Å². The minimum Gasteiger partial charge on any atom is -0.350 e. The van der Waals surface area contributed by atoms with Gasteiger partial charge in [-0.3, -0.25) is 14.4 Å². The topological polar surface area (TPSA) is 110 Å². The summed E-state index contributed by atoms with van der Waals surface area (Å²) in [6, 6.07) is 6.30. The largest absolute Gasteiger partial charge is 0.350 e. The van der Waals surface area contributed by atoms with Crippen LogP contribution < -0.4 is 16.4 Å². The van der Waals surface area contributed by atoms with Crippen LogP contribution in [0.5, 0.6) is 0 Å². The van der Waals surface area contributed by atoms with Gasteiger partial charge in [0, 0.05) is 18.8 Å². The molecule has 3 rings (SSSR count). The second kappa shape index (κ2) is 6.41. The first kappa shape index (κ1) is 15.5. The average Bonchev–Trinajstić information content (AvgIpc) is 2.58. The number of H-pyrrole nitrogens is 1. The minimum absolute atomic E-state index is 0.0768. The Hall–Kier alpha value is -3.36. The van der Waals surface area contributed by atoms with Crippen molar-refractivity contribution in [3.8, 4) is 0 Å². The predicted octanol–water partition coefficient (Wildman–Crippen LogP) is 0.0489. The van der Waals surface area contributed by atoms with Gasteiger partial charge in [-0.15, -0.1) is 5.10 Å². The Bertz CT molecular complexity index is 1010. The summed E-state index contributed by atoms with van der Waals surface area (Å²) < 4.78 is 14.3. The maximum atomic E-state index is 13.2. The van der Waals surface area contributed by atoms with Crippen molar-refractivity contribution in [2.24, 2.45) is 0 Å². The van der Waals surface area contributed by atoms with E-state index in [2.05, 4.69) is 20.6 Å². The fourth-order valence-corrected chi connectivity index (χ4v) is 2.12. The van der Waals surface area contributed by atoms with E-state index in [1.54, 1.807) is 0 Å². The van der Waals surface area contributed by atoms with Crippen LogP contribution in [0.25, 0.3) is 10.9 Å². The van der Waals surface area contributed by atoms with Crippen LogP contribution >= 0.6 is 0 Å². The highest BCUT2D eigenvalue weighted by molar-refractivity contribution is 5.93. The van der Waals surface area contributed by atoms with Gasteiger partial charge in [0.1, 0.15) is 11.3 Å². The van der Waals surface area contributed by atoms with Gasteiger partial charge in [-0.1, -0.05) is 5.21 Å². The van der Waals surface area contributed by atoms with Gasteiger partial charge in [0.2, 0.25) is 5.56 Å². The van der Waals surface area contributed by atoms with E-state index in [0.29, 0.717) is 5.52 Å². The molecule has 0 radical (unpaired) electrons. The number of fused-ring (bicyclic) bond motifs is 1. The molecule has 0 fully saturated rings. The highest BCUT2D eigenvalue weighted by Crippen LogP contribution is 2.07. The Morgan fingerprint density at radius 2 is 2.08 bits per heavy atom. The van der Waals surface area contributed by atoms with Crippen LogP contribution in [0.2, 0.25) is 0 Å². The lowest BCUT2D eigenvalue weighted by Gasteiger charge is -2.07. The van der Waals surface area contributed by atoms with E-state index in [4.69, 9.17) is 0 Å². The SMILES string of the molecule is O=C(NCCn1nnc2ccc(F)cc2c1=O)c1ccc(=O)[nH]c1. The average molecular weight is 329 g/mol. The second-order valence-electron chi connectivity index (χ2n) is 4.98. The first-order valence-corrected chi connectivity index (χ1v) is 7.04. The number of carbonyl (C=O) groups is 1. The molecule has 1 aromatic carbocycles. The summed E-state index contributed by atoms with van der Waals surface area (Å²) in [5.41, 5.74) is -0.210. The molecule has 122 valence electrons. The first-order valence-electron chi connectivity index (χ1n) is 7.04. The predicted molar refractivity (Wildman–Crippen MR) is 83.2 cm³/mol. The smallest absolute Gasteiger partial charge is 0.277 e. The molecule has 2 heterocycles. The molecule has 8 nitrogen and oxygen atoms in total. The third-order valence-corrected chi connectivity index (χ3v) is 3.34. The van der Waals surface area contributed by atoms with Crippen LogP contribution in [0, 0.1) is 5.82 Å². The quantitative estimate of drug-likeness (QED) is 0.703. The summed E-state index contributed by atoms with van der Waals surface area (Å²) in [6.45, 7) is 0.195. The van der Waals surface area contributed by atoms with Crippen LogP contribution in [0.15, 0.2) is 46.1 Å². The van der Waals surface area contributed by atoms with Crippen LogP contribution in [0.4, 0.5) is 4.39 Å². The van der Waals surface area contributed by atoms with Gasteiger partial charge in [-0.05, 0) is 24.3 Å². The highest BCUT2D eigenvalue weighted by Gasteiger charge is 2.08. The number of carbonyl (C=O) groups excluding carboxylic acids is 1. The van der Waals surface area contributed by atoms with Crippen LogP contribution in [0.3, 0.4) is 0 Å². The number of hydrogen-bond acceptors (Lipinski definition) is 5. The number of hydrogen-bond donors (Lipinski definition) is 2. The van der Waals surface area contributed by atoms with Gasteiger partial charge >= 0.3 is 0 Å². The lowest BCUT2D eigenvalue weighted by Crippen LogP contribution is -2.32. The minimum atomic E-state index is -0.537. The molecule has 2 N–H and O–H groups in total. The van der Waals surface area contributed by atoms with Gasteiger partial charge in [-0.25, -0.2) is 9.07 Å². The number of aromatic nitrogens is 4. The summed E-state index contributed by atoms with van der Waals surface area (Å²) in [6.07, 6.45) is 1.29. The van der Waals surface area contributed by atoms with Gasteiger partial charge in [0.25, 0.3) is 11.5 Å². The Morgan fingerprint density at radius 3 is 2.83 bits per heavy atom. The van der Waals surface area contributed by atoms with Crippen molar-refractivity contribution in [2.75, 3.05) is 6.54 Å². The van der Waals surface area contributed by atoms with E-state index in [1.807, 2.05) is 0 Å². The van der Waals surface area contributed by atoms with Crippen molar-refractivity contribution in [1.82, 2.24) is 25.3 Å². The molecule has 24 heavy (non-hydrogen) atoms. The van der Waals surface area contributed by atoms with Crippen LogP contribution in [-0.2, 0) is 6.54 Å². The molecule has 0 aliphatic rings. The Kier molecular flexibility index (Phi) is 4.15. The van der Waals surface area contributed by atoms with Crippen LogP contribution in [-0.4, -0.2) is 32.4 Å². The van der Waals surface area contributed by atoms with Crippen molar-refractivity contribution >= 4 is 16.8 Å². The van der Waals surface area contributed by atoms with E-state index in [-0.39, 0.29) is 29.6 Å². The number of rotatable bonds is 4. The van der Waals surface area contributed by atoms with Gasteiger partial charge in [0.05, 0.1) is 17.5 Å². The fraction of sp³-hybridized carbons (Fsp3) is 0.133. The molecule has 0 spiro atoms. The van der Waals surface area contributed by atoms with Gasteiger partial charge < -0.3 is 10.3 Å². The molecule has 9 heteroatoms. The van der Waals surface area contributed by atoms with Crippen LogP contribution in [0.1, 0.15) is 10.4 Å². The molecule has 0 aliphatic carbocycles. The molecule has 2 aromatic heterocycles. The molecule has 0 saturated carbocycles. The number of pyridine rings is 1. The third-order valence-electron chi connectivity index (χ3n) is 3.34. The highest BCUT2D eigenvalue weighted by atomic mass is 19.1. The Balaban J connectivity index is 1.71. The standard InChI is InChI=1S/C15H12FN5O3/c16-10-2-3-12-11(7-10)15(24)21(20-19-12)6-5-17-14(23)9-1-4-13(22)18-8-9/h1-4,7-8H,5-6H2,(H,17,23)(H,18,22). The fourth-order valence-electron chi connectivity index (χ4n) is 2.12. The number of amides is 1.